The molecule has 4 nitrogen and oxygen atoms in total. The van der Waals surface area contributed by atoms with Crippen LogP contribution in [-0.4, -0.2) is 49.8 Å². The van der Waals surface area contributed by atoms with Gasteiger partial charge in [0.05, 0.1) is 0 Å². The van der Waals surface area contributed by atoms with Crippen molar-refractivity contribution >= 4 is 5.91 Å². The fraction of sp³-hybridized carbons (Fsp3) is 0.909. The molecule has 1 rings (SSSR count). The Morgan fingerprint density at radius 1 is 1.40 bits per heavy atom. The highest BCUT2D eigenvalue weighted by atomic mass is 16.5. The van der Waals surface area contributed by atoms with E-state index in [1.807, 2.05) is 7.05 Å². The lowest BCUT2D eigenvalue weighted by Crippen LogP contribution is -2.50. The van der Waals surface area contributed by atoms with E-state index in [-0.39, 0.29) is 5.91 Å². The van der Waals surface area contributed by atoms with Crippen molar-refractivity contribution in [3.05, 3.63) is 0 Å². The maximum Gasteiger partial charge on any atom is 0.254 e. The summed E-state index contributed by atoms with van der Waals surface area (Å²) in [5.74, 6) is 0.0388. The molecule has 1 fully saturated rings. The first-order valence-corrected chi connectivity index (χ1v) is 5.39. The predicted octanol–water partition coefficient (Wildman–Crippen LogP) is 1.05. The standard InChI is InChI=1S/C11H21NO3/c1-11(2,14-4)10(13)12(3)9-5-7-15-8-6-9/h9H,5-8H2,1-4H3. The van der Waals surface area contributed by atoms with Gasteiger partial charge in [0.1, 0.15) is 5.60 Å². The van der Waals surface area contributed by atoms with Crippen molar-refractivity contribution < 1.29 is 14.3 Å². The fourth-order valence-corrected chi connectivity index (χ4v) is 1.75. The number of ether oxygens (including phenoxy) is 2. The molecule has 0 aromatic heterocycles. The lowest BCUT2D eigenvalue weighted by atomic mass is 10.0. The second-order valence-electron chi connectivity index (χ2n) is 4.47. The van der Waals surface area contributed by atoms with Gasteiger partial charge in [0.25, 0.3) is 5.91 Å². The fourth-order valence-electron chi connectivity index (χ4n) is 1.75. The van der Waals surface area contributed by atoms with Crippen LogP contribution in [0.2, 0.25) is 0 Å². The molecule has 1 heterocycles. The van der Waals surface area contributed by atoms with Crippen LogP contribution in [0.15, 0.2) is 0 Å². The average Bonchev–Trinajstić information content (AvgIpc) is 2.28. The largest absolute Gasteiger partial charge is 0.381 e. The molecule has 0 aliphatic carbocycles. The quantitative estimate of drug-likeness (QED) is 0.706. The summed E-state index contributed by atoms with van der Waals surface area (Å²) in [6, 6.07) is 0.292. The molecule has 0 aromatic rings. The van der Waals surface area contributed by atoms with Crippen LogP contribution in [0.5, 0.6) is 0 Å². The lowest BCUT2D eigenvalue weighted by molar-refractivity contribution is -0.153. The lowest BCUT2D eigenvalue weighted by Gasteiger charge is -2.35. The Balaban J connectivity index is 2.58. The Labute approximate surface area is 91.5 Å². The minimum atomic E-state index is -0.729. The zero-order chi connectivity index (χ0) is 11.5. The number of carbonyl (C=O) groups excluding carboxylic acids is 1. The minimum absolute atomic E-state index is 0.0388. The van der Waals surface area contributed by atoms with Gasteiger partial charge in [-0.15, -0.1) is 0 Å². The van der Waals surface area contributed by atoms with Gasteiger partial charge in [-0.05, 0) is 26.7 Å². The number of likely N-dealkylation sites (N-methyl/N-ethyl adjacent to an activating group) is 1. The van der Waals surface area contributed by atoms with Gasteiger partial charge in [-0.3, -0.25) is 4.79 Å². The summed E-state index contributed by atoms with van der Waals surface area (Å²) >= 11 is 0. The molecule has 88 valence electrons. The molecule has 4 heteroatoms. The summed E-state index contributed by atoms with van der Waals surface area (Å²) in [6.07, 6.45) is 1.84. The summed E-state index contributed by atoms with van der Waals surface area (Å²) in [4.78, 5) is 13.9. The van der Waals surface area contributed by atoms with Crippen molar-refractivity contribution in [2.75, 3.05) is 27.4 Å². The highest BCUT2D eigenvalue weighted by molar-refractivity contribution is 5.84. The van der Waals surface area contributed by atoms with Gasteiger partial charge < -0.3 is 14.4 Å². The maximum atomic E-state index is 12.1. The maximum absolute atomic E-state index is 12.1. The first-order chi connectivity index (χ1) is 6.99. The molecule has 1 aliphatic rings. The van der Waals surface area contributed by atoms with Crippen LogP contribution >= 0.6 is 0 Å². The number of rotatable bonds is 3. The number of nitrogens with zero attached hydrogens (tertiary/aromatic N) is 1. The summed E-state index contributed by atoms with van der Waals surface area (Å²) in [5, 5.41) is 0. The molecular weight excluding hydrogens is 194 g/mol. The molecule has 0 bridgehead atoms. The van der Waals surface area contributed by atoms with Gasteiger partial charge in [0.2, 0.25) is 0 Å². The zero-order valence-electron chi connectivity index (χ0n) is 10.1. The van der Waals surface area contributed by atoms with Gasteiger partial charge in [-0.1, -0.05) is 0 Å². The Kier molecular flexibility index (Phi) is 4.11. The summed E-state index contributed by atoms with van der Waals surface area (Å²) in [7, 11) is 3.41. The number of amides is 1. The van der Waals surface area contributed by atoms with Gasteiger partial charge >= 0.3 is 0 Å². The van der Waals surface area contributed by atoms with Crippen LogP contribution in [0.25, 0.3) is 0 Å². The molecule has 0 aromatic carbocycles. The van der Waals surface area contributed by atoms with E-state index in [9.17, 15) is 4.79 Å². The van der Waals surface area contributed by atoms with Crippen LogP contribution in [0.1, 0.15) is 26.7 Å². The molecule has 0 radical (unpaired) electrons. The van der Waals surface area contributed by atoms with E-state index in [1.54, 1.807) is 25.9 Å². The van der Waals surface area contributed by atoms with Crippen molar-refractivity contribution in [2.45, 2.75) is 38.3 Å². The third kappa shape index (κ3) is 2.92. The highest BCUT2D eigenvalue weighted by Gasteiger charge is 2.33. The Hall–Kier alpha value is -0.610. The SMILES string of the molecule is COC(C)(C)C(=O)N(C)C1CCOCC1. The first-order valence-electron chi connectivity index (χ1n) is 5.39. The molecule has 0 spiro atoms. The molecule has 1 aliphatic heterocycles. The number of methoxy groups -OCH3 is 1. The molecule has 0 N–H and O–H groups in total. The van der Waals surface area contributed by atoms with E-state index in [0.717, 1.165) is 26.1 Å². The number of carbonyl (C=O) groups is 1. The van der Waals surface area contributed by atoms with E-state index >= 15 is 0 Å². The zero-order valence-corrected chi connectivity index (χ0v) is 10.1. The Morgan fingerprint density at radius 3 is 2.40 bits per heavy atom. The molecule has 0 atom stereocenters. The predicted molar refractivity (Wildman–Crippen MR) is 57.7 cm³/mol. The molecular formula is C11H21NO3. The average molecular weight is 215 g/mol. The molecule has 1 saturated heterocycles. The van der Waals surface area contributed by atoms with Gasteiger partial charge in [-0.25, -0.2) is 0 Å². The highest BCUT2D eigenvalue weighted by Crippen LogP contribution is 2.18. The second-order valence-corrected chi connectivity index (χ2v) is 4.47. The van der Waals surface area contributed by atoms with Gasteiger partial charge in [-0.2, -0.15) is 0 Å². The summed E-state index contributed by atoms with van der Waals surface area (Å²) in [5.41, 5.74) is -0.729. The minimum Gasteiger partial charge on any atom is -0.381 e. The third-order valence-corrected chi connectivity index (χ3v) is 3.08. The second kappa shape index (κ2) is 4.94. The third-order valence-electron chi connectivity index (χ3n) is 3.08. The van der Waals surface area contributed by atoms with Crippen LogP contribution in [-0.2, 0) is 14.3 Å². The smallest absolute Gasteiger partial charge is 0.254 e. The van der Waals surface area contributed by atoms with Crippen molar-refractivity contribution in [2.24, 2.45) is 0 Å². The molecule has 0 saturated carbocycles. The van der Waals surface area contributed by atoms with Crippen molar-refractivity contribution in [3.63, 3.8) is 0 Å². The van der Waals surface area contributed by atoms with Crippen molar-refractivity contribution in [1.82, 2.24) is 4.90 Å². The van der Waals surface area contributed by atoms with Crippen LogP contribution in [0.3, 0.4) is 0 Å². The van der Waals surface area contributed by atoms with E-state index < -0.39 is 5.60 Å². The van der Waals surface area contributed by atoms with Gasteiger partial charge in [0, 0.05) is 33.4 Å². The number of hydrogen-bond acceptors (Lipinski definition) is 3. The first kappa shape index (κ1) is 12.5. The van der Waals surface area contributed by atoms with E-state index in [0.29, 0.717) is 6.04 Å². The summed E-state index contributed by atoms with van der Waals surface area (Å²) < 4.78 is 10.5. The number of hydrogen-bond donors (Lipinski definition) is 0. The monoisotopic (exact) mass is 215 g/mol. The molecule has 0 unspecified atom stereocenters. The van der Waals surface area contributed by atoms with E-state index in [4.69, 9.17) is 9.47 Å². The van der Waals surface area contributed by atoms with Crippen LogP contribution in [0.4, 0.5) is 0 Å². The van der Waals surface area contributed by atoms with Crippen LogP contribution < -0.4 is 0 Å². The van der Waals surface area contributed by atoms with Crippen molar-refractivity contribution in [1.29, 1.82) is 0 Å². The van der Waals surface area contributed by atoms with E-state index in [1.165, 1.54) is 0 Å². The normalized spacial score (nSPS) is 18.9. The Morgan fingerprint density at radius 2 is 1.93 bits per heavy atom. The van der Waals surface area contributed by atoms with Crippen molar-refractivity contribution in [3.8, 4) is 0 Å². The van der Waals surface area contributed by atoms with Gasteiger partial charge in [0.15, 0.2) is 0 Å². The van der Waals surface area contributed by atoms with Crippen LogP contribution in [0, 0.1) is 0 Å². The molecule has 15 heavy (non-hydrogen) atoms. The van der Waals surface area contributed by atoms with E-state index in [2.05, 4.69) is 0 Å². The summed E-state index contributed by atoms with van der Waals surface area (Å²) in [6.45, 7) is 5.09. The Bertz CT molecular complexity index is 222. The topological polar surface area (TPSA) is 38.8 Å². The molecule has 1 amide bonds.